The molecular formula is C18H18N2O2S2. The normalized spacial score (nSPS) is 10.6. The Morgan fingerprint density at radius 3 is 2.75 bits per heavy atom. The second-order valence-electron chi connectivity index (χ2n) is 5.40. The van der Waals surface area contributed by atoms with E-state index in [1.165, 1.54) is 16.9 Å². The largest absolute Gasteiger partial charge is 0.492 e. The summed E-state index contributed by atoms with van der Waals surface area (Å²) in [5, 5.41) is 2.89. The molecule has 4 nitrogen and oxygen atoms in total. The third kappa shape index (κ3) is 4.01. The van der Waals surface area contributed by atoms with Gasteiger partial charge < -0.3 is 9.64 Å². The fourth-order valence-corrected chi connectivity index (χ4v) is 3.83. The van der Waals surface area contributed by atoms with Gasteiger partial charge in [0.1, 0.15) is 22.2 Å². The van der Waals surface area contributed by atoms with Crippen molar-refractivity contribution in [2.24, 2.45) is 0 Å². The minimum absolute atomic E-state index is 0.0252. The Bertz CT molecular complexity index is 795. The summed E-state index contributed by atoms with van der Waals surface area (Å²) in [6.45, 7) is 3.02. The van der Waals surface area contributed by atoms with Crippen molar-refractivity contribution in [3.05, 3.63) is 58.4 Å². The third-order valence-corrected chi connectivity index (χ3v) is 5.54. The van der Waals surface area contributed by atoms with Crippen LogP contribution in [-0.2, 0) is 0 Å². The quantitative estimate of drug-likeness (QED) is 0.659. The number of likely N-dealkylation sites (N-methyl/N-ethyl adjacent to an activating group) is 1. The molecule has 0 aliphatic rings. The fourth-order valence-electron chi connectivity index (χ4n) is 2.11. The lowest BCUT2D eigenvalue weighted by Gasteiger charge is -2.16. The van der Waals surface area contributed by atoms with Crippen LogP contribution in [0.1, 0.15) is 15.2 Å². The Kier molecular flexibility index (Phi) is 5.27. The number of aryl methyl sites for hydroxylation is 1. The molecule has 0 saturated carbocycles. The lowest BCUT2D eigenvalue weighted by molar-refractivity contribution is 0.0778. The lowest BCUT2D eigenvalue weighted by Crippen LogP contribution is -2.30. The number of ether oxygens (including phenoxy) is 1. The molecule has 24 heavy (non-hydrogen) atoms. The van der Waals surface area contributed by atoms with Crippen LogP contribution in [0, 0.1) is 6.92 Å². The van der Waals surface area contributed by atoms with Crippen molar-refractivity contribution >= 4 is 28.6 Å². The molecule has 0 fully saturated rings. The van der Waals surface area contributed by atoms with E-state index in [1.54, 1.807) is 29.5 Å². The van der Waals surface area contributed by atoms with Gasteiger partial charge in [0.05, 0.1) is 17.6 Å². The molecule has 0 aliphatic carbocycles. The maximum atomic E-state index is 12.5. The Labute approximate surface area is 149 Å². The first-order valence-corrected chi connectivity index (χ1v) is 9.28. The topological polar surface area (TPSA) is 42.4 Å². The summed E-state index contributed by atoms with van der Waals surface area (Å²) in [5.41, 5.74) is 1.20. The maximum absolute atomic E-state index is 12.5. The summed E-state index contributed by atoms with van der Waals surface area (Å²) < 4.78 is 5.68. The van der Waals surface area contributed by atoms with E-state index in [-0.39, 0.29) is 5.91 Å². The van der Waals surface area contributed by atoms with E-state index < -0.39 is 0 Å². The summed E-state index contributed by atoms with van der Waals surface area (Å²) in [6.07, 6.45) is 1.65. The Balaban J connectivity index is 1.54. The van der Waals surface area contributed by atoms with E-state index in [0.29, 0.717) is 18.0 Å². The van der Waals surface area contributed by atoms with E-state index in [1.807, 2.05) is 48.7 Å². The van der Waals surface area contributed by atoms with Gasteiger partial charge in [-0.05, 0) is 30.5 Å². The third-order valence-electron chi connectivity index (χ3n) is 3.51. The van der Waals surface area contributed by atoms with Crippen molar-refractivity contribution in [3.8, 4) is 15.6 Å². The predicted octanol–water partition coefficient (Wildman–Crippen LogP) is 4.33. The zero-order valence-corrected chi connectivity index (χ0v) is 15.2. The molecule has 3 aromatic rings. The predicted molar refractivity (Wildman–Crippen MR) is 99.1 cm³/mol. The number of thiophene rings is 1. The molecule has 3 rings (SSSR count). The van der Waals surface area contributed by atoms with Crippen molar-refractivity contribution < 1.29 is 9.53 Å². The number of thiazole rings is 1. The van der Waals surface area contributed by atoms with Gasteiger partial charge in [-0.15, -0.1) is 22.7 Å². The number of hydrogen-bond acceptors (Lipinski definition) is 5. The van der Waals surface area contributed by atoms with Crippen LogP contribution < -0.4 is 4.74 Å². The van der Waals surface area contributed by atoms with Crippen LogP contribution in [0.2, 0.25) is 0 Å². The van der Waals surface area contributed by atoms with Gasteiger partial charge in [0.15, 0.2) is 0 Å². The Morgan fingerprint density at radius 1 is 1.25 bits per heavy atom. The minimum atomic E-state index is -0.0252. The average Bonchev–Trinajstić information content (AvgIpc) is 3.27. The molecular weight excluding hydrogens is 340 g/mol. The standard InChI is InChI=1S/C18H18N2O2S2/c1-13-5-7-14(8-6-13)22-10-9-20(2)18(21)16-12-19-17(24-16)15-4-3-11-23-15/h3-8,11-12H,9-10H2,1-2H3. The van der Waals surface area contributed by atoms with Crippen molar-refractivity contribution in [1.29, 1.82) is 0 Å². The molecule has 1 aromatic carbocycles. The molecule has 6 heteroatoms. The summed E-state index contributed by atoms with van der Waals surface area (Å²) in [6, 6.07) is 11.9. The van der Waals surface area contributed by atoms with E-state index >= 15 is 0 Å². The lowest BCUT2D eigenvalue weighted by atomic mass is 10.2. The van der Waals surface area contributed by atoms with Crippen LogP contribution in [-0.4, -0.2) is 36.0 Å². The van der Waals surface area contributed by atoms with Gasteiger partial charge in [-0.25, -0.2) is 4.98 Å². The van der Waals surface area contributed by atoms with Gasteiger partial charge >= 0.3 is 0 Å². The second kappa shape index (κ2) is 7.59. The molecule has 0 atom stereocenters. The highest BCUT2D eigenvalue weighted by Gasteiger charge is 2.16. The van der Waals surface area contributed by atoms with Gasteiger partial charge in [0, 0.05) is 7.05 Å². The van der Waals surface area contributed by atoms with Crippen LogP contribution in [0.4, 0.5) is 0 Å². The second-order valence-corrected chi connectivity index (χ2v) is 7.37. The highest BCUT2D eigenvalue weighted by molar-refractivity contribution is 7.21. The number of rotatable bonds is 6. The number of amides is 1. The highest BCUT2D eigenvalue weighted by atomic mass is 32.1. The summed E-state index contributed by atoms with van der Waals surface area (Å²) >= 11 is 3.05. The van der Waals surface area contributed by atoms with E-state index in [2.05, 4.69) is 4.98 Å². The van der Waals surface area contributed by atoms with E-state index in [9.17, 15) is 4.79 Å². The van der Waals surface area contributed by atoms with Gasteiger partial charge in [0.25, 0.3) is 5.91 Å². The number of benzene rings is 1. The molecule has 1 amide bonds. The molecule has 2 heterocycles. The first-order chi connectivity index (χ1) is 11.6. The van der Waals surface area contributed by atoms with Crippen molar-refractivity contribution in [2.75, 3.05) is 20.2 Å². The maximum Gasteiger partial charge on any atom is 0.265 e. The Hall–Kier alpha value is -2.18. The first kappa shape index (κ1) is 16.7. The van der Waals surface area contributed by atoms with Crippen molar-refractivity contribution in [2.45, 2.75) is 6.92 Å². The number of hydrogen-bond donors (Lipinski definition) is 0. The highest BCUT2D eigenvalue weighted by Crippen LogP contribution is 2.29. The number of carbonyl (C=O) groups is 1. The number of carbonyl (C=O) groups excluding carboxylic acids is 1. The van der Waals surface area contributed by atoms with Crippen LogP contribution in [0.5, 0.6) is 5.75 Å². The fraction of sp³-hybridized carbons (Fsp3) is 0.222. The van der Waals surface area contributed by atoms with E-state index in [4.69, 9.17) is 4.74 Å². The monoisotopic (exact) mass is 358 g/mol. The summed E-state index contributed by atoms with van der Waals surface area (Å²) in [7, 11) is 1.78. The molecule has 0 N–H and O–H groups in total. The smallest absolute Gasteiger partial charge is 0.265 e. The zero-order chi connectivity index (χ0) is 16.9. The SMILES string of the molecule is Cc1ccc(OCCN(C)C(=O)c2cnc(-c3cccs3)s2)cc1. The minimum Gasteiger partial charge on any atom is -0.492 e. The zero-order valence-electron chi connectivity index (χ0n) is 13.6. The van der Waals surface area contributed by atoms with Crippen molar-refractivity contribution in [3.63, 3.8) is 0 Å². The van der Waals surface area contributed by atoms with Gasteiger partial charge in [-0.2, -0.15) is 0 Å². The Morgan fingerprint density at radius 2 is 2.04 bits per heavy atom. The summed E-state index contributed by atoms with van der Waals surface area (Å²) in [5.74, 6) is 0.794. The van der Waals surface area contributed by atoms with Gasteiger partial charge in [-0.1, -0.05) is 23.8 Å². The van der Waals surface area contributed by atoms with Crippen molar-refractivity contribution in [1.82, 2.24) is 9.88 Å². The molecule has 0 unspecified atom stereocenters. The molecule has 0 saturated heterocycles. The average molecular weight is 358 g/mol. The molecule has 0 aliphatic heterocycles. The first-order valence-electron chi connectivity index (χ1n) is 7.58. The number of aromatic nitrogens is 1. The molecule has 0 bridgehead atoms. The molecule has 2 aromatic heterocycles. The summed E-state index contributed by atoms with van der Waals surface area (Å²) in [4.78, 5) is 20.2. The van der Waals surface area contributed by atoms with Crippen LogP contribution in [0.25, 0.3) is 9.88 Å². The van der Waals surface area contributed by atoms with E-state index in [0.717, 1.165) is 15.6 Å². The van der Waals surface area contributed by atoms with Crippen LogP contribution in [0.3, 0.4) is 0 Å². The van der Waals surface area contributed by atoms with Crippen LogP contribution >= 0.6 is 22.7 Å². The van der Waals surface area contributed by atoms with Gasteiger partial charge in [0.2, 0.25) is 0 Å². The van der Waals surface area contributed by atoms with Crippen LogP contribution in [0.15, 0.2) is 48.0 Å². The molecule has 0 spiro atoms. The molecule has 124 valence electrons. The van der Waals surface area contributed by atoms with Gasteiger partial charge in [-0.3, -0.25) is 4.79 Å². The number of nitrogens with zero attached hydrogens (tertiary/aromatic N) is 2. The molecule has 0 radical (unpaired) electrons.